The highest BCUT2D eigenvalue weighted by atomic mass is 16.4. The molecule has 1 aromatic rings. The molecular formula is C21H28N4O10. The molecule has 3 amide bonds. The van der Waals surface area contributed by atoms with Gasteiger partial charge in [-0.25, -0.2) is 4.79 Å². The third-order valence-corrected chi connectivity index (χ3v) is 4.75. The molecule has 0 radical (unpaired) electrons. The van der Waals surface area contributed by atoms with Crippen LogP contribution >= 0.6 is 0 Å². The highest BCUT2D eigenvalue weighted by Crippen LogP contribution is 2.12. The van der Waals surface area contributed by atoms with Crippen LogP contribution < -0.4 is 21.7 Å². The van der Waals surface area contributed by atoms with Gasteiger partial charge < -0.3 is 42.1 Å². The zero-order valence-electron chi connectivity index (χ0n) is 18.6. The van der Waals surface area contributed by atoms with E-state index in [9.17, 15) is 39.0 Å². The lowest BCUT2D eigenvalue weighted by atomic mass is 10.0. The topological polar surface area (TPSA) is 245 Å². The summed E-state index contributed by atoms with van der Waals surface area (Å²) in [7, 11) is 0. The first-order chi connectivity index (χ1) is 16.4. The molecule has 1 rings (SSSR count). The van der Waals surface area contributed by atoms with Crippen molar-refractivity contribution in [2.75, 3.05) is 6.54 Å². The monoisotopic (exact) mass is 496 g/mol. The Balaban J connectivity index is 3.06. The van der Waals surface area contributed by atoms with E-state index in [1.807, 2.05) is 0 Å². The molecule has 0 saturated heterocycles. The van der Waals surface area contributed by atoms with Crippen LogP contribution in [0, 0.1) is 0 Å². The summed E-state index contributed by atoms with van der Waals surface area (Å²) in [6, 6.07) is 1.40. The minimum Gasteiger partial charge on any atom is -0.508 e. The summed E-state index contributed by atoms with van der Waals surface area (Å²) in [6.07, 6.45) is -2.02. The normalized spacial score (nSPS) is 13.1. The molecule has 35 heavy (non-hydrogen) atoms. The maximum Gasteiger partial charge on any atom is 0.326 e. The van der Waals surface area contributed by atoms with Crippen LogP contribution in [0.2, 0.25) is 0 Å². The number of nitrogens with two attached hydrogens (primary N) is 1. The third kappa shape index (κ3) is 11.0. The summed E-state index contributed by atoms with van der Waals surface area (Å²) in [5.74, 6) is -6.70. The van der Waals surface area contributed by atoms with Gasteiger partial charge in [0.05, 0.1) is 6.54 Å². The fraction of sp³-hybridized carbons (Fsp3) is 0.429. The van der Waals surface area contributed by atoms with Gasteiger partial charge in [0, 0.05) is 19.3 Å². The van der Waals surface area contributed by atoms with E-state index in [1.54, 1.807) is 0 Å². The van der Waals surface area contributed by atoms with Crippen molar-refractivity contribution in [3.05, 3.63) is 29.8 Å². The maximum absolute atomic E-state index is 12.9. The number of carboxylic acids is 3. The standard InChI is InChI=1S/C21H28N4O10/c22-10-16(27)23-15(9-11-1-3-12(26)4-2-11)20(33)24-13(5-7-17(28)29)19(32)25-14(21(34)35)6-8-18(30)31/h1-4,13-15,26H,5-10,22H2,(H,23,27)(H,24,33)(H,25,32)(H,28,29)(H,30,31)(H,34,35). The number of amides is 3. The molecule has 0 heterocycles. The van der Waals surface area contributed by atoms with E-state index in [0.29, 0.717) is 5.56 Å². The minimum absolute atomic E-state index is 0.0259. The molecule has 0 aliphatic carbocycles. The average molecular weight is 496 g/mol. The Morgan fingerprint density at radius 3 is 1.71 bits per heavy atom. The molecule has 9 N–H and O–H groups in total. The summed E-state index contributed by atoms with van der Waals surface area (Å²) in [4.78, 5) is 70.6. The van der Waals surface area contributed by atoms with E-state index in [2.05, 4.69) is 16.0 Å². The van der Waals surface area contributed by atoms with Crippen molar-refractivity contribution in [1.82, 2.24) is 16.0 Å². The van der Waals surface area contributed by atoms with Crippen molar-refractivity contribution in [3.63, 3.8) is 0 Å². The lowest BCUT2D eigenvalue weighted by Gasteiger charge is -2.24. The zero-order chi connectivity index (χ0) is 26.5. The van der Waals surface area contributed by atoms with Crippen molar-refractivity contribution in [3.8, 4) is 5.75 Å². The first-order valence-electron chi connectivity index (χ1n) is 10.5. The number of carbonyl (C=O) groups excluding carboxylic acids is 3. The van der Waals surface area contributed by atoms with Gasteiger partial charge in [0.2, 0.25) is 17.7 Å². The molecule has 192 valence electrons. The van der Waals surface area contributed by atoms with Crippen LogP contribution in [-0.2, 0) is 35.2 Å². The Bertz CT molecular complexity index is 935. The highest BCUT2D eigenvalue weighted by molar-refractivity contribution is 5.94. The molecule has 0 aliphatic rings. The van der Waals surface area contributed by atoms with E-state index >= 15 is 0 Å². The number of hydrogen-bond donors (Lipinski definition) is 8. The molecule has 0 aromatic heterocycles. The number of rotatable bonds is 15. The number of phenolic OH excluding ortho intramolecular Hbond substituents is 1. The molecule has 1 aromatic carbocycles. The number of aliphatic carboxylic acids is 3. The Kier molecular flexibility index (Phi) is 11.7. The number of benzene rings is 1. The smallest absolute Gasteiger partial charge is 0.326 e. The summed E-state index contributed by atoms with van der Waals surface area (Å²) in [6.45, 7) is -0.438. The van der Waals surface area contributed by atoms with Gasteiger partial charge >= 0.3 is 17.9 Å². The van der Waals surface area contributed by atoms with Crippen molar-refractivity contribution in [2.24, 2.45) is 5.73 Å². The molecule has 0 fully saturated rings. The zero-order valence-corrected chi connectivity index (χ0v) is 18.6. The van der Waals surface area contributed by atoms with E-state index in [1.165, 1.54) is 24.3 Å². The second-order valence-corrected chi connectivity index (χ2v) is 7.52. The summed E-state index contributed by atoms with van der Waals surface area (Å²) in [5.41, 5.74) is 5.83. The predicted octanol–water partition coefficient (Wildman–Crippen LogP) is -1.84. The number of phenols is 1. The summed E-state index contributed by atoms with van der Waals surface area (Å²) < 4.78 is 0. The van der Waals surface area contributed by atoms with Gasteiger partial charge in [0.15, 0.2) is 0 Å². The van der Waals surface area contributed by atoms with Gasteiger partial charge in [-0.15, -0.1) is 0 Å². The minimum atomic E-state index is -1.59. The number of hydrogen-bond acceptors (Lipinski definition) is 8. The molecule has 0 aliphatic heterocycles. The van der Waals surface area contributed by atoms with Crippen molar-refractivity contribution in [2.45, 2.75) is 50.2 Å². The Morgan fingerprint density at radius 2 is 1.23 bits per heavy atom. The van der Waals surface area contributed by atoms with Crippen LogP contribution in [-0.4, -0.2) is 80.7 Å². The van der Waals surface area contributed by atoms with E-state index in [0.717, 1.165) is 0 Å². The van der Waals surface area contributed by atoms with Crippen molar-refractivity contribution >= 4 is 35.6 Å². The molecule has 14 nitrogen and oxygen atoms in total. The maximum atomic E-state index is 12.9. The molecule has 3 atom stereocenters. The predicted molar refractivity (Wildman–Crippen MR) is 118 cm³/mol. The SMILES string of the molecule is NCC(=O)NC(Cc1ccc(O)cc1)C(=O)NC(CCC(=O)O)C(=O)NC(CCC(=O)O)C(=O)O. The fourth-order valence-electron chi connectivity index (χ4n) is 2.94. The van der Waals surface area contributed by atoms with Gasteiger partial charge in [0.1, 0.15) is 23.9 Å². The second kappa shape index (κ2) is 14.1. The van der Waals surface area contributed by atoms with Crippen LogP contribution in [0.3, 0.4) is 0 Å². The van der Waals surface area contributed by atoms with Gasteiger partial charge in [-0.2, -0.15) is 0 Å². The quantitative estimate of drug-likeness (QED) is 0.134. The number of aromatic hydroxyl groups is 1. The lowest BCUT2D eigenvalue weighted by Crippen LogP contribution is -2.56. The Morgan fingerprint density at radius 1 is 0.743 bits per heavy atom. The van der Waals surface area contributed by atoms with Crippen molar-refractivity contribution < 1.29 is 49.2 Å². The van der Waals surface area contributed by atoms with Crippen LogP contribution in [0.1, 0.15) is 31.2 Å². The average Bonchev–Trinajstić information content (AvgIpc) is 2.79. The number of carbonyl (C=O) groups is 6. The van der Waals surface area contributed by atoms with Gasteiger partial charge in [-0.1, -0.05) is 12.1 Å². The van der Waals surface area contributed by atoms with Crippen LogP contribution in [0.4, 0.5) is 0 Å². The first-order valence-corrected chi connectivity index (χ1v) is 10.5. The molecule has 14 heteroatoms. The first kappa shape index (κ1) is 28.8. The van der Waals surface area contributed by atoms with Crippen LogP contribution in [0.15, 0.2) is 24.3 Å². The molecule has 0 bridgehead atoms. The molecule has 3 unspecified atom stereocenters. The number of carboxylic acid groups (broad SMARTS) is 3. The van der Waals surface area contributed by atoms with Crippen LogP contribution in [0.25, 0.3) is 0 Å². The Hall–Kier alpha value is -4.20. The van der Waals surface area contributed by atoms with Crippen molar-refractivity contribution in [1.29, 1.82) is 0 Å². The molecule has 0 spiro atoms. The Labute approximate surface area is 199 Å². The molecule has 0 saturated carbocycles. The van der Waals surface area contributed by atoms with Gasteiger partial charge in [0.25, 0.3) is 0 Å². The fourth-order valence-corrected chi connectivity index (χ4v) is 2.94. The van der Waals surface area contributed by atoms with Crippen LogP contribution in [0.5, 0.6) is 5.75 Å². The summed E-state index contributed by atoms with van der Waals surface area (Å²) in [5, 5.41) is 43.2. The largest absolute Gasteiger partial charge is 0.508 e. The lowest BCUT2D eigenvalue weighted by molar-refractivity contribution is -0.144. The van der Waals surface area contributed by atoms with E-state index in [4.69, 9.17) is 15.9 Å². The van der Waals surface area contributed by atoms with Gasteiger partial charge in [-0.3, -0.25) is 24.0 Å². The highest BCUT2D eigenvalue weighted by Gasteiger charge is 2.30. The second-order valence-electron chi connectivity index (χ2n) is 7.52. The molecular weight excluding hydrogens is 468 g/mol. The van der Waals surface area contributed by atoms with E-state index < -0.39 is 86.0 Å². The summed E-state index contributed by atoms with van der Waals surface area (Å²) >= 11 is 0. The van der Waals surface area contributed by atoms with E-state index in [-0.39, 0.29) is 12.2 Å². The van der Waals surface area contributed by atoms with Gasteiger partial charge in [-0.05, 0) is 30.5 Å². The number of nitrogens with one attached hydrogen (secondary N) is 3. The third-order valence-electron chi connectivity index (χ3n) is 4.75.